The van der Waals surface area contributed by atoms with Crippen molar-refractivity contribution >= 4 is 39.0 Å². The van der Waals surface area contributed by atoms with Gasteiger partial charge in [0.2, 0.25) is 0 Å². The summed E-state index contributed by atoms with van der Waals surface area (Å²) in [6.45, 7) is 12.7. The molecule has 1 aliphatic rings. The van der Waals surface area contributed by atoms with Crippen molar-refractivity contribution in [1.29, 1.82) is 0 Å². The third-order valence-electron chi connectivity index (χ3n) is 6.35. The summed E-state index contributed by atoms with van der Waals surface area (Å²) in [6.07, 6.45) is 2.52. The summed E-state index contributed by atoms with van der Waals surface area (Å²) in [7, 11) is 2.14. The van der Waals surface area contributed by atoms with E-state index >= 15 is 0 Å². The van der Waals surface area contributed by atoms with Gasteiger partial charge in [0.05, 0.1) is 10.3 Å². The van der Waals surface area contributed by atoms with Gasteiger partial charge in [-0.2, -0.15) is 0 Å². The number of piperazine rings is 1. The number of fused-ring (bicyclic) bond motifs is 1. The van der Waals surface area contributed by atoms with E-state index in [1.807, 2.05) is 6.92 Å². The van der Waals surface area contributed by atoms with E-state index in [4.69, 9.17) is 0 Å². The quantitative estimate of drug-likeness (QED) is 0.511. The van der Waals surface area contributed by atoms with Crippen molar-refractivity contribution in [3.8, 4) is 0 Å². The summed E-state index contributed by atoms with van der Waals surface area (Å²) in [5.74, 6) is 0.941. The third kappa shape index (κ3) is 5.28. The average molecular weight is 467 g/mol. The average Bonchev–Trinajstić information content (AvgIpc) is 3.16. The van der Waals surface area contributed by atoms with Crippen LogP contribution >= 0.6 is 11.3 Å². The molecule has 176 valence electrons. The molecule has 0 bridgehead atoms. The van der Waals surface area contributed by atoms with E-state index < -0.39 is 0 Å². The first kappa shape index (κ1) is 23.4. The van der Waals surface area contributed by atoms with Crippen molar-refractivity contribution in [2.24, 2.45) is 0 Å². The van der Waals surface area contributed by atoms with Gasteiger partial charge >= 0.3 is 0 Å². The maximum Gasteiger partial charge on any atom is 0.261 e. The van der Waals surface area contributed by atoms with Crippen LogP contribution in [0, 0.1) is 13.8 Å². The Kier molecular flexibility index (Phi) is 7.45. The van der Waals surface area contributed by atoms with Crippen molar-refractivity contribution < 1.29 is 4.79 Å². The van der Waals surface area contributed by atoms with Crippen LogP contribution < -0.4 is 15.1 Å². The van der Waals surface area contributed by atoms with Gasteiger partial charge in [-0.3, -0.25) is 4.79 Å². The number of rotatable bonds is 8. The number of carbonyl (C=O) groups is 1. The Morgan fingerprint density at radius 3 is 2.70 bits per heavy atom. The molecule has 0 spiro atoms. The molecule has 1 amide bonds. The molecule has 33 heavy (non-hydrogen) atoms. The van der Waals surface area contributed by atoms with E-state index in [-0.39, 0.29) is 5.91 Å². The molecule has 4 rings (SSSR count). The highest BCUT2D eigenvalue weighted by molar-refractivity contribution is 7.20. The van der Waals surface area contributed by atoms with Crippen LogP contribution in [0.2, 0.25) is 0 Å². The first-order chi connectivity index (χ1) is 16.0. The number of amides is 1. The SMILES string of the molecule is CCN(CCCNC(=O)c1sc2ncnc(N3CCN(C)CC3)c2c1C)c1cccc(C)c1. The molecule has 1 fully saturated rings. The topological polar surface area (TPSA) is 64.6 Å². The number of likely N-dealkylation sites (N-methyl/N-ethyl adjacent to an activating group) is 1. The molecule has 0 aliphatic carbocycles. The molecule has 1 aliphatic heterocycles. The fraction of sp³-hybridized carbons (Fsp3) is 0.480. The second kappa shape index (κ2) is 10.5. The van der Waals surface area contributed by atoms with E-state index in [1.165, 1.54) is 22.6 Å². The van der Waals surface area contributed by atoms with Crippen molar-refractivity contribution in [2.75, 3.05) is 62.7 Å². The maximum atomic E-state index is 13.0. The second-order valence-electron chi connectivity index (χ2n) is 8.75. The number of aryl methyl sites for hydroxylation is 2. The van der Waals surface area contributed by atoms with Crippen LogP contribution in [0.3, 0.4) is 0 Å². The Bertz CT molecular complexity index is 1110. The van der Waals surface area contributed by atoms with Crippen LogP contribution in [-0.4, -0.2) is 73.6 Å². The van der Waals surface area contributed by atoms with E-state index in [2.05, 4.69) is 75.1 Å². The summed E-state index contributed by atoms with van der Waals surface area (Å²) >= 11 is 1.47. The number of aromatic nitrogens is 2. The largest absolute Gasteiger partial charge is 0.372 e. The number of benzene rings is 1. The maximum absolute atomic E-state index is 13.0. The monoisotopic (exact) mass is 466 g/mol. The van der Waals surface area contributed by atoms with Gasteiger partial charge in [0, 0.05) is 51.5 Å². The van der Waals surface area contributed by atoms with E-state index in [9.17, 15) is 4.79 Å². The highest BCUT2D eigenvalue weighted by Gasteiger charge is 2.23. The number of hydrogen-bond acceptors (Lipinski definition) is 7. The molecular weight excluding hydrogens is 432 g/mol. The van der Waals surface area contributed by atoms with Gasteiger partial charge in [0.25, 0.3) is 5.91 Å². The molecule has 2 aromatic heterocycles. The lowest BCUT2D eigenvalue weighted by atomic mass is 10.1. The van der Waals surface area contributed by atoms with E-state index in [0.717, 1.165) is 72.2 Å². The Morgan fingerprint density at radius 2 is 1.97 bits per heavy atom. The summed E-state index contributed by atoms with van der Waals surface area (Å²) < 4.78 is 0. The van der Waals surface area contributed by atoms with Crippen molar-refractivity contribution in [2.45, 2.75) is 27.2 Å². The number of anilines is 2. The summed E-state index contributed by atoms with van der Waals surface area (Å²) in [5, 5.41) is 4.15. The first-order valence-corrected chi connectivity index (χ1v) is 12.6. The summed E-state index contributed by atoms with van der Waals surface area (Å²) in [6, 6.07) is 8.57. The van der Waals surface area contributed by atoms with Gasteiger partial charge in [0.1, 0.15) is 17.0 Å². The Hall–Kier alpha value is -2.71. The molecule has 1 aromatic carbocycles. The molecule has 3 aromatic rings. The van der Waals surface area contributed by atoms with Gasteiger partial charge < -0.3 is 20.0 Å². The summed E-state index contributed by atoms with van der Waals surface area (Å²) in [5.41, 5.74) is 3.48. The van der Waals surface area contributed by atoms with Crippen LogP contribution in [0.1, 0.15) is 34.1 Å². The minimum atomic E-state index is -0.0153. The standard InChI is InChI=1S/C25H34N6OS/c1-5-30(20-9-6-8-18(2)16-20)11-7-10-26-24(32)22-19(3)21-23(27-17-28-25(21)33-22)31-14-12-29(4)13-15-31/h6,8-9,16-17H,5,7,10-15H2,1-4H3,(H,26,32). The van der Waals surface area contributed by atoms with Crippen molar-refractivity contribution in [3.05, 3.63) is 46.6 Å². The minimum Gasteiger partial charge on any atom is -0.372 e. The lowest BCUT2D eigenvalue weighted by Crippen LogP contribution is -2.44. The van der Waals surface area contributed by atoms with Gasteiger partial charge in [-0.05, 0) is 57.5 Å². The lowest BCUT2D eigenvalue weighted by Gasteiger charge is -2.33. The zero-order chi connectivity index (χ0) is 23.4. The van der Waals surface area contributed by atoms with Crippen LogP contribution in [0.4, 0.5) is 11.5 Å². The van der Waals surface area contributed by atoms with Gasteiger partial charge in [-0.1, -0.05) is 12.1 Å². The number of nitrogens with zero attached hydrogens (tertiary/aromatic N) is 5. The molecule has 0 radical (unpaired) electrons. The van der Waals surface area contributed by atoms with Crippen molar-refractivity contribution in [1.82, 2.24) is 20.2 Å². The van der Waals surface area contributed by atoms with Crippen LogP contribution in [0.15, 0.2) is 30.6 Å². The fourth-order valence-electron chi connectivity index (χ4n) is 4.37. The van der Waals surface area contributed by atoms with Crippen molar-refractivity contribution in [3.63, 3.8) is 0 Å². The first-order valence-electron chi connectivity index (χ1n) is 11.7. The number of thiophene rings is 1. The minimum absolute atomic E-state index is 0.0153. The zero-order valence-corrected chi connectivity index (χ0v) is 20.9. The molecule has 0 unspecified atom stereocenters. The summed E-state index contributed by atoms with van der Waals surface area (Å²) in [4.78, 5) is 30.7. The number of hydrogen-bond donors (Lipinski definition) is 1. The van der Waals surface area contributed by atoms with Crippen LogP contribution in [0.5, 0.6) is 0 Å². The van der Waals surface area contributed by atoms with Gasteiger partial charge in [-0.15, -0.1) is 11.3 Å². The van der Waals surface area contributed by atoms with E-state index in [0.29, 0.717) is 6.54 Å². The Labute approximate surface area is 200 Å². The molecule has 3 heterocycles. The lowest BCUT2D eigenvalue weighted by molar-refractivity contribution is 0.0957. The Morgan fingerprint density at radius 1 is 1.18 bits per heavy atom. The third-order valence-corrected chi connectivity index (χ3v) is 7.55. The second-order valence-corrected chi connectivity index (χ2v) is 9.75. The molecule has 0 atom stereocenters. The molecular formula is C25H34N6OS. The highest BCUT2D eigenvalue weighted by atomic mass is 32.1. The fourth-order valence-corrected chi connectivity index (χ4v) is 5.43. The predicted molar refractivity (Wildman–Crippen MR) is 138 cm³/mol. The highest BCUT2D eigenvalue weighted by Crippen LogP contribution is 2.35. The smallest absolute Gasteiger partial charge is 0.261 e. The van der Waals surface area contributed by atoms with Gasteiger partial charge in [-0.25, -0.2) is 9.97 Å². The molecule has 1 N–H and O–H groups in total. The van der Waals surface area contributed by atoms with Crippen LogP contribution in [-0.2, 0) is 0 Å². The Balaban J connectivity index is 1.40. The van der Waals surface area contributed by atoms with E-state index in [1.54, 1.807) is 6.33 Å². The number of carbonyl (C=O) groups excluding carboxylic acids is 1. The molecule has 0 saturated carbocycles. The predicted octanol–water partition coefficient (Wildman–Crippen LogP) is 3.71. The molecule has 7 nitrogen and oxygen atoms in total. The van der Waals surface area contributed by atoms with Gasteiger partial charge in [0.15, 0.2) is 0 Å². The molecule has 1 saturated heterocycles. The normalized spacial score (nSPS) is 14.6. The number of nitrogens with one attached hydrogen (secondary N) is 1. The zero-order valence-electron chi connectivity index (χ0n) is 20.1. The van der Waals surface area contributed by atoms with Crippen LogP contribution in [0.25, 0.3) is 10.2 Å². The molecule has 8 heteroatoms.